The molecule has 5 heteroatoms. The van der Waals surface area contributed by atoms with Gasteiger partial charge in [-0.1, -0.05) is 29.8 Å². The van der Waals surface area contributed by atoms with Crippen LogP contribution in [0.15, 0.2) is 0 Å². The number of ether oxygens (including phenoxy) is 2. The molecule has 1 N–H and O–H groups in total. The van der Waals surface area contributed by atoms with Crippen LogP contribution in [0.5, 0.6) is 0 Å². The Bertz CT molecular complexity index is 215. The highest BCUT2D eigenvalue weighted by atomic mass is 79.9. The summed E-state index contributed by atoms with van der Waals surface area (Å²) in [6.07, 6.45) is -0.440. The molecule has 1 fully saturated rings. The first-order valence-electron chi connectivity index (χ1n) is 5.08. The lowest BCUT2D eigenvalue weighted by Gasteiger charge is -2.26. The van der Waals surface area contributed by atoms with Crippen LogP contribution in [0.3, 0.4) is 0 Å². The fraction of sp³-hybridized carbons (Fsp3) is 0.900. The van der Waals surface area contributed by atoms with Crippen molar-refractivity contribution in [3.63, 3.8) is 0 Å². The van der Waals surface area contributed by atoms with Gasteiger partial charge in [-0.25, -0.2) is 0 Å². The van der Waals surface area contributed by atoms with Crippen LogP contribution in [0.25, 0.3) is 0 Å². The molecule has 1 aliphatic rings. The quantitative estimate of drug-likeness (QED) is 0.780. The Balaban J connectivity index is 2.28. The van der Waals surface area contributed by atoms with Crippen LogP contribution in [0.1, 0.15) is 13.8 Å². The van der Waals surface area contributed by atoms with E-state index < -0.39 is 6.10 Å². The van der Waals surface area contributed by atoms with Crippen molar-refractivity contribution in [3.05, 3.63) is 0 Å². The van der Waals surface area contributed by atoms with Gasteiger partial charge in [-0.05, 0) is 5.41 Å². The second kappa shape index (κ2) is 5.82. The van der Waals surface area contributed by atoms with Crippen molar-refractivity contribution in [1.29, 1.82) is 0 Å². The third-order valence-corrected chi connectivity index (χ3v) is 3.73. The zero-order chi connectivity index (χ0) is 11.3. The monoisotopic (exact) mass is 279 g/mol. The number of hydrogen-bond donors (Lipinski definition) is 1. The number of amides is 1. The van der Waals surface area contributed by atoms with E-state index >= 15 is 0 Å². The molecule has 1 rings (SSSR count). The van der Waals surface area contributed by atoms with Crippen LogP contribution in [-0.2, 0) is 14.3 Å². The molecule has 1 heterocycles. The molecule has 1 atom stereocenters. The van der Waals surface area contributed by atoms with Gasteiger partial charge in [0, 0.05) is 11.9 Å². The van der Waals surface area contributed by atoms with E-state index in [1.165, 1.54) is 0 Å². The van der Waals surface area contributed by atoms with E-state index in [1.54, 1.807) is 0 Å². The molecule has 0 radical (unpaired) electrons. The predicted octanol–water partition coefficient (Wildman–Crippen LogP) is 0.939. The lowest BCUT2D eigenvalue weighted by Crippen LogP contribution is -2.45. The van der Waals surface area contributed by atoms with Crippen molar-refractivity contribution >= 4 is 21.8 Å². The van der Waals surface area contributed by atoms with Gasteiger partial charge in [0.15, 0.2) is 6.10 Å². The minimum Gasteiger partial charge on any atom is -0.376 e. The van der Waals surface area contributed by atoms with Gasteiger partial charge in [0.05, 0.1) is 19.8 Å². The largest absolute Gasteiger partial charge is 0.376 e. The van der Waals surface area contributed by atoms with Gasteiger partial charge in [0.2, 0.25) is 0 Å². The summed E-state index contributed by atoms with van der Waals surface area (Å²) in [5, 5.41) is 3.72. The van der Waals surface area contributed by atoms with Gasteiger partial charge in [0.1, 0.15) is 0 Å². The Morgan fingerprint density at radius 2 is 2.27 bits per heavy atom. The maximum absolute atomic E-state index is 11.6. The van der Waals surface area contributed by atoms with Crippen molar-refractivity contribution in [2.75, 3.05) is 31.7 Å². The first-order chi connectivity index (χ1) is 7.05. The number of carbonyl (C=O) groups is 1. The fourth-order valence-electron chi connectivity index (χ4n) is 1.13. The summed E-state index contributed by atoms with van der Waals surface area (Å²) < 4.78 is 10.5. The molecule has 1 aliphatic heterocycles. The molecule has 1 saturated heterocycles. The van der Waals surface area contributed by atoms with E-state index in [0.29, 0.717) is 26.4 Å². The topological polar surface area (TPSA) is 47.6 Å². The van der Waals surface area contributed by atoms with Gasteiger partial charge < -0.3 is 14.8 Å². The average molecular weight is 280 g/mol. The highest BCUT2D eigenvalue weighted by Gasteiger charge is 2.24. The molecule has 0 aromatic heterocycles. The Kier molecular flexibility index (Phi) is 5.02. The molecule has 0 aromatic carbocycles. The van der Waals surface area contributed by atoms with Crippen molar-refractivity contribution in [2.45, 2.75) is 20.0 Å². The number of alkyl halides is 1. The SMILES string of the molecule is CC(C)(CBr)CNC(=O)C1COCCO1. The summed E-state index contributed by atoms with van der Waals surface area (Å²) in [6, 6.07) is 0. The van der Waals surface area contributed by atoms with Crippen LogP contribution < -0.4 is 5.32 Å². The van der Waals surface area contributed by atoms with Crippen LogP contribution in [0.2, 0.25) is 0 Å². The number of hydrogen-bond acceptors (Lipinski definition) is 3. The standard InChI is InChI=1S/C10H18BrNO3/c1-10(2,6-11)7-12-9(13)8-5-14-3-4-15-8/h8H,3-7H2,1-2H3,(H,12,13). The number of nitrogens with one attached hydrogen (secondary N) is 1. The van der Waals surface area contributed by atoms with E-state index in [0.717, 1.165) is 5.33 Å². The summed E-state index contributed by atoms with van der Waals surface area (Å²) in [6.45, 7) is 6.24. The van der Waals surface area contributed by atoms with E-state index in [2.05, 4.69) is 35.1 Å². The van der Waals surface area contributed by atoms with Crippen molar-refractivity contribution in [2.24, 2.45) is 5.41 Å². The summed E-state index contributed by atoms with van der Waals surface area (Å²) in [5.41, 5.74) is 0.0607. The molecule has 0 saturated carbocycles. The first-order valence-corrected chi connectivity index (χ1v) is 6.20. The normalized spacial score (nSPS) is 22.5. The van der Waals surface area contributed by atoms with Gasteiger partial charge in [0.25, 0.3) is 5.91 Å². The maximum Gasteiger partial charge on any atom is 0.251 e. The lowest BCUT2D eigenvalue weighted by atomic mass is 9.97. The van der Waals surface area contributed by atoms with Crippen LogP contribution in [0.4, 0.5) is 0 Å². The van der Waals surface area contributed by atoms with Crippen LogP contribution in [-0.4, -0.2) is 43.7 Å². The second-order valence-electron chi connectivity index (χ2n) is 4.45. The first kappa shape index (κ1) is 12.9. The second-order valence-corrected chi connectivity index (χ2v) is 5.01. The lowest BCUT2D eigenvalue weighted by molar-refractivity contribution is -0.147. The molecule has 0 aliphatic carbocycles. The molecule has 15 heavy (non-hydrogen) atoms. The minimum atomic E-state index is -0.440. The zero-order valence-electron chi connectivity index (χ0n) is 9.22. The highest BCUT2D eigenvalue weighted by Crippen LogP contribution is 2.16. The van der Waals surface area contributed by atoms with E-state index in [1.807, 2.05) is 0 Å². The summed E-state index contributed by atoms with van der Waals surface area (Å²) in [4.78, 5) is 11.6. The molecule has 88 valence electrons. The molecule has 4 nitrogen and oxygen atoms in total. The predicted molar refractivity (Wildman–Crippen MR) is 61.1 cm³/mol. The smallest absolute Gasteiger partial charge is 0.251 e. The summed E-state index contributed by atoms with van der Waals surface area (Å²) >= 11 is 3.41. The molecule has 0 aromatic rings. The minimum absolute atomic E-state index is 0.0607. The Labute approximate surface area is 98.8 Å². The molecule has 0 bridgehead atoms. The summed E-state index contributed by atoms with van der Waals surface area (Å²) in [7, 11) is 0. The zero-order valence-corrected chi connectivity index (χ0v) is 10.8. The van der Waals surface area contributed by atoms with Gasteiger partial charge in [-0.3, -0.25) is 4.79 Å². The van der Waals surface area contributed by atoms with Crippen molar-refractivity contribution in [1.82, 2.24) is 5.32 Å². The van der Waals surface area contributed by atoms with Crippen molar-refractivity contribution < 1.29 is 14.3 Å². The third kappa shape index (κ3) is 4.49. The highest BCUT2D eigenvalue weighted by molar-refractivity contribution is 9.09. The number of carbonyl (C=O) groups excluding carboxylic acids is 1. The van der Waals surface area contributed by atoms with E-state index in [4.69, 9.17) is 9.47 Å². The average Bonchev–Trinajstić information content (AvgIpc) is 2.27. The molecule has 0 spiro atoms. The third-order valence-electron chi connectivity index (χ3n) is 2.21. The number of halogens is 1. The Morgan fingerprint density at radius 3 is 2.80 bits per heavy atom. The van der Waals surface area contributed by atoms with E-state index in [-0.39, 0.29) is 11.3 Å². The van der Waals surface area contributed by atoms with E-state index in [9.17, 15) is 4.79 Å². The van der Waals surface area contributed by atoms with Crippen molar-refractivity contribution in [3.8, 4) is 0 Å². The van der Waals surface area contributed by atoms with Gasteiger partial charge in [-0.15, -0.1) is 0 Å². The summed E-state index contributed by atoms with van der Waals surface area (Å²) in [5.74, 6) is -0.0799. The van der Waals surface area contributed by atoms with Crippen LogP contribution >= 0.6 is 15.9 Å². The molecular formula is C10H18BrNO3. The van der Waals surface area contributed by atoms with Gasteiger partial charge in [-0.2, -0.15) is 0 Å². The molecular weight excluding hydrogens is 262 g/mol. The Morgan fingerprint density at radius 1 is 1.53 bits per heavy atom. The van der Waals surface area contributed by atoms with Crippen LogP contribution in [0, 0.1) is 5.41 Å². The fourth-order valence-corrected chi connectivity index (χ4v) is 1.32. The Hall–Kier alpha value is -0.130. The molecule has 1 amide bonds. The maximum atomic E-state index is 11.6. The number of rotatable bonds is 4. The molecule has 1 unspecified atom stereocenters. The van der Waals surface area contributed by atoms with Gasteiger partial charge >= 0.3 is 0 Å².